The largest absolute Gasteiger partial charge is 0.573 e. The van der Waals surface area contributed by atoms with Crippen LogP contribution in [0.5, 0.6) is 5.75 Å². The minimum Gasteiger partial charge on any atom is -0.404 e. The van der Waals surface area contributed by atoms with Gasteiger partial charge in [0.15, 0.2) is 5.75 Å². The van der Waals surface area contributed by atoms with E-state index in [2.05, 4.69) is 17.0 Å². The first-order valence-electron chi connectivity index (χ1n) is 7.06. The van der Waals surface area contributed by atoms with E-state index in [9.17, 15) is 18.0 Å². The highest BCUT2D eigenvalue weighted by Crippen LogP contribution is 2.49. The molecular weight excluding hydrogens is 283 g/mol. The van der Waals surface area contributed by atoms with Crippen molar-refractivity contribution in [3.05, 3.63) is 23.8 Å². The van der Waals surface area contributed by atoms with Gasteiger partial charge >= 0.3 is 6.36 Å². The zero-order valence-electron chi connectivity index (χ0n) is 11.5. The van der Waals surface area contributed by atoms with Gasteiger partial charge in [0.2, 0.25) is 5.91 Å². The Morgan fingerprint density at radius 2 is 2.05 bits per heavy atom. The zero-order valence-corrected chi connectivity index (χ0v) is 11.5. The van der Waals surface area contributed by atoms with Crippen LogP contribution >= 0.6 is 0 Å². The Balaban J connectivity index is 1.96. The SMILES string of the molecule is CC1CCCC1C1C(=O)Nc2c(OC(F)(F)F)cccc21. The summed E-state index contributed by atoms with van der Waals surface area (Å²) in [6.45, 7) is 2.10. The number of alkyl halides is 3. The minimum atomic E-state index is -4.77. The summed E-state index contributed by atoms with van der Waals surface area (Å²) in [4.78, 5) is 12.2. The molecule has 1 aromatic rings. The highest BCUT2D eigenvalue weighted by atomic mass is 19.4. The van der Waals surface area contributed by atoms with Crippen molar-refractivity contribution < 1.29 is 22.7 Å². The Hall–Kier alpha value is -1.72. The highest BCUT2D eigenvalue weighted by molar-refractivity contribution is 6.04. The molecule has 1 amide bonds. The van der Waals surface area contributed by atoms with Crippen molar-refractivity contribution in [3.8, 4) is 5.75 Å². The van der Waals surface area contributed by atoms with Gasteiger partial charge in [0.1, 0.15) is 0 Å². The number of para-hydroxylation sites is 1. The fourth-order valence-corrected chi connectivity index (χ4v) is 3.59. The molecule has 3 unspecified atom stereocenters. The average molecular weight is 299 g/mol. The van der Waals surface area contributed by atoms with Crippen molar-refractivity contribution in [2.45, 2.75) is 38.5 Å². The molecule has 1 saturated carbocycles. The van der Waals surface area contributed by atoms with Crippen LogP contribution in [0.3, 0.4) is 0 Å². The number of carbonyl (C=O) groups excluding carboxylic acids is 1. The molecule has 1 N–H and O–H groups in total. The van der Waals surface area contributed by atoms with Gasteiger partial charge in [-0.1, -0.05) is 31.9 Å². The van der Waals surface area contributed by atoms with E-state index in [4.69, 9.17) is 0 Å². The number of nitrogens with one attached hydrogen (secondary N) is 1. The third-order valence-electron chi connectivity index (χ3n) is 4.51. The summed E-state index contributed by atoms with van der Waals surface area (Å²) in [6, 6.07) is 4.45. The van der Waals surface area contributed by atoms with E-state index in [0.717, 1.165) is 19.3 Å². The van der Waals surface area contributed by atoms with Crippen molar-refractivity contribution in [1.29, 1.82) is 0 Å². The second-order valence-electron chi connectivity index (χ2n) is 5.81. The number of anilines is 1. The first-order chi connectivity index (χ1) is 9.87. The molecular formula is C15H16F3NO2. The van der Waals surface area contributed by atoms with E-state index in [1.165, 1.54) is 12.1 Å². The molecule has 21 heavy (non-hydrogen) atoms. The predicted molar refractivity (Wildman–Crippen MR) is 71.0 cm³/mol. The number of halogens is 3. The van der Waals surface area contributed by atoms with Crippen LogP contribution in [0.4, 0.5) is 18.9 Å². The van der Waals surface area contributed by atoms with E-state index < -0.39 is 6.36 Å². The number of rotatable bonds is 2. The second kappa shape index (κ2) is 4.93. The predicted octanol–water partition coefficient (Wildman–Crippen LogP) is 4.06. The fraction of sp³-hybridized carbons (Fsp3) is 0.533. The Morgan fingerprint density at radius 3 is 2.67 bits per heavy atom. The first kappa shape index (κ1) is 14.2. The third kappa shape index (κ3) is 2.59. The smallest absolute Gasteiger partial charge is 0.404 e. The van der Waals surface area contributed by atoms with E-state index in [1.54, 1.807) is 6.07 Å². The molecule has 114 valence electrons. The molecule has 6 heteroatoms. The van der Waals surface area contributed by atoms with E-state index in [-0.39, 0.29) is 29.2 Å². The highest BCUT2D eigenvalue weighted by Gasteiger charge is 2.43. The number of benzene rings is 1. The molecule has 1 aliphatic carbocycles. The van der Waals surface area contributed by atoms with Crippen LogP contribution in [-0.2, 0) is 4.79 Å². The molecule has 0 bridgehead atoms. The molecule has 0 spiro atoms. The zero-order chi connectivity index (χ0) is 15.2. The van der Waals surface area contributed by atoms with Crippen molar-refractivity contribution in [1.82, 2.24) is 0 Å². The lowest BCUT2D eigenvalue weighted by Crippen LogP contribution is -2.22. The van der Waals surface area contributed by atoms with Gasteiger partial charge in [-0.2, -0.15) is 0 Å². The number of hydrogen-bond acceptors (Lipinski definition) is 2. The first-order valence-corrected chi connectivity index (χ1v) is 7.06. The van der Waals surface area contributed by atoms with Gasteiger partial charge in [-0.3, -0.25) is 4.79 Å². The summed E-state index contributed by atoms with van der Waals surface area (Å²) in [5, 5.41) is 2.57. The molecule has 2 aliphatic rings. The Kier molecular flexibility index (Phi) is 3.34. The van der Waals surface area contributed by atoms with Crippen LogP contribution in [0.2, 0.25) is 0 Å². The maximum absolute atomic E-state index is 12.4. The lowest BCUT2D eigenvalue weighted by atomic mass is 9.81. The number of fused-ring (bicyclic) bond motifs is 1. The molecule has 1 fully saturated rings. The summed E-state index contributed by atoms with van der Waals surface area (Å²) in [5.41, 5.74) is 0.796. The summed E-state index contributed by atoms with van der Waals surface area (Å²) < 4.78 is 41.3. The van der Waals surface area contributed by atoms with Crippen molar-refractivity contribution in [2.24, 2.45) is 11.8 Å². The van der Waals surface area contributed by atoms with Crippen LogP contribution in [0.25, 0.3) is 0 Å². The molecule has 0 saturated heterocycles. The van der Waals surface area contributed by atoms with Gasteiger partial charge < -0.3 is 10.1 Å². The van der Waals surface area contributed by atoms with Gasteiger partial charge in [-0.25, -0.2) is 0 Å². The van der Waals surface area contributed by atoms with Gasteiger partial charge in [0, 0.05) is 0 Å². The third-order valence-corrected chi connectivity index (χ3v) is 4.51. The van der Waals surface area contributed by atoms with E-state index in [1.807, 2.05) is 0 Å². The fourth-order valence-electron chi connectivity index (χ4n) is 3.59. The van der Waals surface area contributed by atoms with Crippen molar-refractivity contribution in [2.75, 3.05) is 5.32 Å². The Bertz CT molecular complexity index is 571. The summed E-state index contributed by atoms with van der Waals surface area (Å²) in [7, 11) is 0. The summed E-state index contributed by atoms with van der Waals surface area (Å²) in [5.74, 6) is -0.330. The van der Waals surface area contributed by atoms with Crippen molar-refractivity contribution in [3.63, 3.8) is 0 Å². The average Bonchev–Trinajstić information content (AvgIpc) is 2.91. The maximum Gasteiger partial charge on any atom is 0.573 e. The van der Waals surface area contributed by atoms with Gasteiger partial charge in [0.25, 0.3) is 0 Å². The summed E-state index contributed by atoms with van der Waals surface area (Å²) >= 11 is 0. The number of hydrogen-bond donors (Lipinski definition) is 1. The molecule has 0 aromatic heterocycles. The number of amides is 1. The van der Waals surface area contributed by atoms with E-state index >= 15 is 0 Å². The standard InChI is InChI=1S/C15H16F3NO2/c1-8-4-2-5-9(8)12-10-6-3-7-11(21-15(16,17)18)13(10)19-14(12)20/h3,6-9,12H,2,4-5H2,1H3,(H,19,20). The Morgan fingerprint density at radius 1 is 1.29 bits per heavy atom. The number of carbonyl (C=O) groups is 1. The minimum absolute atomic E-state index is 0.170. The normalized spacial score (nSPS) is 28.4. The van der Waals surface area contributed by atoms with Gasteiger partial charge in [-0.05, 0) is 29.9 Å². The molecule has 1 aromatic carbocycles. The number of ether oxygens (including phenoxy) is 1. The molecule has 0 radical (unpaired) electrons. The maximum atomic E-state index is 12.4. The van der Waals surface area contributed by atoms with Crippen LogP contribution < -0.4 is 10.1 Å². The van der Waals surface area contributed by atoms with Crippen molar-refractivity contribution >= 4 is 11.6 Å². The van der Waals surface area contributed by atoms with Crippen LogP contribution in [0.1, 0.15) is 37.7 Å². The molecule has 3 atom stereocenters. The van der Waals surface area contributed by atoms with E-state index in [0.29, 0.717) is 11.5 Å². The van der Waals surface area contributed by atoms with Crippen LogP contribution in [-0.4, -0.2) is 12.3 Å². The van der Waals surface area contributed by atoms with Gasteiger partial charge in [0.05, 0.1) is 11.6 Å². The topological polar surface area (TPSA) is 38.3 Å². The van der Waals surface area contributed by atoms with Gasteiger partial charge in [-0.15, -0.1) is 13.2 Å². The quantitative estimate of drug-likeness (QED) is 0.894. The monoisotopic (exact) mass is 299 g/mol. The second-order valence-corrected chi connectivity index (χ2v) is 5.81. The summed E-state index contributed by atoms with van der Waals surface area (Å²) in [6.07, 6.45) is -1.71. The van der Waals surface area contributed by atoms with Crippen LogP contribution in [0.15, 0.2) is 18.2 Å². The molecule has 1 heterocycles. The van der Waals surface area contributed by atoms with Crippen LogP contribution in [0, 0.1) is 11.8 Å². The molecule has 1 aliphatic heterocycles. The molecule has 3 rings (SSSR count). The lowest BCUT2D eigenvalue weighted by molar-refractivity contribution is -0.274. The lowest BCUT2D eigenvalue weighted by Gasteiger charge is -2.21. The molecule has 3 nitrogen and oxygen atoms in total. The Labute approximate surface area is 120 Å².